The van der Waals surface area contributed by atoms with Gasteiger partial charge in [-0.25, -0.2) is 26.6 Å². The molecule has 0 saturated heterocycles. The van der Waals surface area contributed by atoms with Gasteiger partial charge in [-0.05, 0) is 49.4 Å². The first-order chi connectivity index (χ1) is 17.5. The molecule has 5 rings (SSSR count). The Balaban J connectivity index is 1.56. The minimum absolute atomic E-state index is 0.0637. The number of nitrogens with one attached hydrogen (secondary N) is 2. The fourth-order valence-corrected chi connectivity index (χ4v) is 5.11. The van der Waals surface area contributed by atoms with Gasteiger partial charge in [0.15, 0.2) is 5.82 Å². The van der Waals surface area contributed by atoms with Gasteiger partial charge in [0.2, 0.25) is 5.78 Å². The number of carbonyl (C=O) groups excluding carboxylic acids is 1. The number of carbonyl (C=O) groups is 1. The standard InChI is InChI=1S/C25H18F3N5O3S/c1-13-8-21(33(2)31-13)14-9-17-18(12-30-25(17)29-11-14)24(34)22-19(27)6-7-20(23(22)28)32-37(35,36)16-5-3-4-15(26)10-16/h3-12,32H,1-2H3,(H,29,30). The van der Waals surface area contributed by atoms with E-state index in [1.807, 2.05) is 17.7 Å². The number of rotatable bonds is 6. The molecule has 0 radical (unpaired) electrons. The Kier molecular flexibility index (Phi) is 5.83. The van der Waals surface area contributed by atoms with Gasteiger partial charge in [0.1, 0.15) is 17.3 Å². The molecule has 0 aliphatic rings. The lowest BCUT2D eigenvalue weighted by Gasteiger charge is -2.12. The number of halogens is 3. The van der Waals surface area contributed by atoms with E-state index in [4.69, 9.17) is 0 Å². The van der Waals surface area contributed by atoms with Gasteiger partial charge in [0.25, 0.3) is 10.0 Å². The normalized spacial score (nSPS) is 11.7. The number of pyridine rings is 1. The fourth-order valence-electron chi connectivity index (χ4n) is 4.02. The van der Waals surface area contributed by atoms with E-state index in [0.29, 0.717) is 16.6 Å². The molecule has 0 unspecified atom stereocenters. The maximum Gasteiger partial charge on any atom is 0.262 e. The summed E-state index contributed by atoms with van der Waals surface area (Å²) >= 11 is 0. The highest BCUT2D eigenvalue weighted by Gasteiger charge is 2.27. The summed E-state index contributed by atoms with van der Waals surface area (Å²) in [6.45, 7) is 1.82. The van der Waals surface area contributed by atoms with Crippen LogP contribution >= 0.6 is 0 Å². The van der Waals surface area contributed by atoms with Crippen LogP contribution in [0.15, 0.2) is 65.8 Å². The maximum absolute atomic E-state index is 15.4. The van der Waals surface area contributed by atoms with Crippen molar-refractivity contribution < 1.29 is 26.4 Å². The Bertz CT molecular complexity index is 1810. The summed E-state index contributed by atoms with van der Waals surface area (Å²) in [5.74, 6) is -4.43. The number of hydrogen-bond acceptors (Lipinski definition) is 5. The van der Waals surface area contributed by atoms with Gasteiger partial charge >= 0.3 is 0 Å². The van der Waals surface area contributed by atoms with E-state index < -0.39 is 49.4 Å². The predicted octanol–water partition coefficient (Wildman–Crippen LogP) is 4.72. The van der Waals surface area contributed by atoms with Gasteiger partial charge in [-0.15, -0.1) is 0 Å². The first-order valence-corrected chi connectivity index (χ1v) is 12.3. The summed E-state index contributed by atoms with van der Waals surface area (Å²) in [7, 11) is -2.68. The third-order valence-corrected chi connectivity index (χ3v) is 7.11. The van der Waals surface area contributed by atoms with E-state index in [2.05, 4.69) is 15.1 Å². The van der Waals surface area contributed by atoms with Gasteiger partial charge in [0.05, 0.1) is 27.5 Å². The molecule has 2 N–H and O–H groups in total. The molecule has 188 valence electrons. The molecule has 12 heteroatoms. The van der Waals surface area contributed by atoms with Crippen LogP contribution in [0, 0.1) is 24.4 Å². The minimum atomic E-state index is -4.43. The number of H-pyrrole nitrogens is 1. The van der Waals surface area contributed by atoms with E-state index in [1.54, 1.807) is 24.0 Å². The number of sulfonamides is 1. The molecule has 0 bridgehead atoms. The largest absolute Gasteiger partial charge is 0.345 e. The lowest BCUT2D eigenvalue weighted by Crippen LogP contribution is -2.16. The van der Waals surface area contributed by atoms with Gasteiger partial charge in [-0.3, -0.25) is 14.2 Å². The van der Waals surface area contributed by atoms with Crippen molar-refractivity contribution in [2.24, 2.45) is 7.05 Å². The van der Waals surface area contributed by atoms with E-state index in [9.17, 15) is 22.0 Å². The van der Waals surface area contributed by atoms with Crippen molar-refractivity contribution >= 4 is 32.5 Å². The average Bonchev–Trinajstić information content (AvgIpc) is 3.42. The van der Waals surface area contributed by atoms with Crippen molar-refractivity contribution in [3.05, 3.63) is 95.2 Å². The molecule has 0 saturated carbocycles. The highest BCUT2D eigenvalue weighted by Crippen LogP contribution is 2.30. The van der Waals surface area contributed by atoms with Crippen LogP contribution in [0.5, 0.6) is 0 Å². The molecule has 5 aromatic rings. The van der Waals surface area contributed by atoms with Crippen LogP contribution in [0.2, 0.25) is 0 Å². The molecule has 3 heterocycles. The summed E-state index contributed by atoms with van der Waals surface area (Å²) < 4.78 is 72.5. The zero-order chi connectivity index (χ0) is 26.5. The second-order valence-electron chi connectivity index (χ2n) is 8.29. The van der Waals surface area contributed by atoms with E-state index in [1.165, 1.54) is 12.3 Å². The van der Waals surface area contributed by atoms with Gasteiger partial charge in [-0.1, -0.05) is 6.07 Å². The zero-order valence-electron chi connectivity index (χ0n) is 19.4. The molecule has 0 spiro atoms. The lowest BCUT2D eigenvalue weighted by molar-refractivity contribution is 0.103. The molecule has 2 aromatic carbocycles. The third-order valence-electron chi connectivity index (χ3n) is 5.74. The quantitative estimate of drug-likeness (QED) is 0.312. The Labute approximate surface area is 208 Å². The number of ketones is 1. The molecular weight excluding hydrogens is 507 g/mol. The van der Waals surface area contributed by atoms with Crippen LogP contribution in [0.25, 0.3) is 22.3 Å². The van der Waals surface area contributed by atoms with Crippen molar-refractivity contribution in [3.8, 4) is 11.3 Å². The zero-order valence-corrected chi connectivity index (χ0v) is 20.2. The Hall–Kier alpha value is -4.45. The van der Waals surface area contributed by atoms with Crippen LogP contribution in [0.3, 0.4) is 0 Å². The first kappa shape index (κ1) is 24.3. The number of aromatic amines is 1. The van der Waals surface area contributed by atoms with Crippen LogP contribution in [-0.4, -0.2) is 33.9 Å². The number of benzene rings is 2. The highest BCUT2D eigenvalue weighted by atomic mass is 32.2. The number of hydrogen-bond donors (Lipinski definition) is 2. The number of aryl methyl sites for hydroxylation is 2. The van der Waals surface area contributed by atoms with E-state index >= 15 is 4.39 Å². The second-order valence-corrected chi connectivity index (χ2v) is 9.98. The average molecular weight is 526 g/mol. The molecule has 0 fully saturated rings. The van der Waals surface area contributed by atoms with Crippen LogP contribution < -0.4 is 4.72 Å². The lowest BCUT2D eigenvalue weighted by atomic mass is 10.0. The number of nitrogens with zero attached hydrogens (tertiary/aromatic N) is 3. The predicted molar refractivity (Wildman–Crippen MR) is 130 cm³/mol. The van der Waals surface area contributed by atoms with Crippen molar-refractivity contribution in [2.45, 2.75) is 11.8 Å². The van der Waals surface area contributed by atoms with Crippen LogP contribution in [0.1, 0.15) is 21.6 Å². The minimum Gasteiger partial charge on any atom is -0.345 e. The summed E-state index contributed by atoms with van der Waals surface area (Å²) in [5.41, 5.74) is 0.741. The van der Waals surface area contributed by atoms with E-state index in [0.717, 1.165) is 41.7 Å². The van der Waals surface area contributed by atoms with Gasteiger partial charge in [0, 0.05) is 36.0 Å². The summed E-state index contributed by atoms with van der Waals surface area (Å²) in [6, 6.07) is 9.17. The maximum atomic E-state index is 15.4. The monoisotopic (exact) mass is 525 g/mol. The van der Waals surface area contributed by atoms with Crippen molar-refractivity contribution in [1.82, 2.24) is 19.7 Å². The van der Waals surface area contributed by atoms with Crippen LogP contribution in [0.4, 0.5) is 18.9 Å². The van der Waals surface area contributed by atoms with Gasteiger partial charge < -0.3 is 4.98 Å². The third kappa shape index (κ3) is 4.35. The molecule has 3 aromatic heterocycles. The molecule has 0 atom stereocenters. The van der Waals surface area contributed by atoms with Crippen molar-refractivity contribution in [1.29, 1.82) is 0 Å². The summed E-state index contributed by atoms with van der Waals surface area (Å²) in [6.07, 6.45) is 2.85. The smallest absolute Gasteiger partial charge is 0.262 e. The summed E-state index contributed by atoms with van der Waals surface area (Å²) in [5, 5.41) is 4.60. The second kappa shape index (κ2) is 8.89. The molecular formula is C25H18F3N5O3S. The van der Waals surface area contributed by atoms with E-state index in [-0.39, 0.29) is 5.56 Å². The number of aromatic nitrogens is 4. The molecule has 0 aliphatic carbocycles. The summed E-state index contributed by atoms with van der Waals surface area (Å²) in [4.78, 5) is 20.0. The number of anilines is 1. The molecule has 37 heavy (non-hydrogen) atoms. The first-order valence-electron chi connectivity index (χ1n) is 10.8. The fraction of sp³-hybridized carbons (Fsp3) is 0.0800. The Morgan fingerprint density at radius 1 is 1.08 bits per heavy atom. The number of fused-ring (bicyclic) bond motifs is 1. The topological polar surface area (TPSA) is 110 Å². The molecule has 0 amide bonds. The highest BCUT2D eigenvalue weighted by molar-refractivity contribution is 7.92. The van der Waals surface area contributed by atoms with Crippen molar-refractivity contribution in [3.63, 3.8) is 0 Å². The van der Waals surface area contributed by atoms with Gasteiger partial charge in [-0.2, -0.15) is 5.10 Å². The van der Waals surface area contributed by atoms with Crippen molar-refractivity contribution in [2.75, 3.05) is 4.72 Å². The molecule has 8 nitrogen and oxygen atoms in total. The molecule has 0 aliphatic heterocycles. The Morgan fingerprint density at radius 2 is 1.86 bits per heavy atom. The van der Waals surface area contributed by atoms with Crippen LogP contribution in [-0.2, 0) is 17.1 Å². The SMILES string of the molecule is Cc1cc(-c2cnc3[nH]cc(C(=O)c4c(F)ccc(NS(=O)(=O)c5cccc(F)c5)c4F)c3c2)n(C)n1. The Morgan fingerprint density at radius 3 is 2.57 bits per heavy atom.